The Balaban J connectivity index is 1.44. The summed E-state index contributed by atoms with van der Waals surface area (Å²) in [5, 5.41) is 10.4. The van der Waals surface area contributed by atoms with Gasteiger partial charge in [0.05, 0.1) is 26.5 Å². The van der Waals surface area contributed by atoms with E-state index in [2.05, 4.69) is 15.7 Å². The number of aryl methyl sites for hydroxylation is 2. The fourth-order valence-electron chi connectivity index (χ4n) is 3.60. The highest BCUT2D eigenvalue weighted by Crippen LogP contribution is 2.29. The second-order valence-corrected chi connectivity index (χ2v) is 6.81. The van der Waals surface area contributed by atoms with Gasteiger partial charge in [0.2, 0.25) is 0 Å². The Labute approximate surface area is 160 Å². The van der Waals surface area contributed by atoms with Crippen molar-refractivity contribution in [2.75, 3.05) is 20.8 Å². The van der Waals surface area contributed by atoms with Crippen molar-refractivity contribution in [2.45, 2.75) is 38.1 Å². The molecule has 0 aliphatic heterocycles. The predicted octanol–water partition coefficient (Wildman–Crippen LogP) is 2.75. The van der Waals surface area contributed by atoms with Crippen LogP contribution >= 0.6 is 0 Å². The maximum absolute atomic E-state index is 12.2. The van der Waals surface area contributed by atoms with Gasteiger partial charge in [0, 0.05) is 24.8 Å². The van der Waals surface area contributed by atoms with Gasteiger partial charge in [0.25, 0.3) is 0 Å². The molecule has 27 heavy (non-hydrogen) atoms. The number of hydrogen-bond donors (Lipinski definition) is 2. The molecule has 7 heteroatoms. The summed E-state index contributed by atoms with van der Waals surface area (Å²) < 4.78 is 12.5. The summed E-state index contributed by atoms with van der Waals surface area (Å²) in [6.45, 7) is 0.618. The minimum Gasteiger partial charge on any atom is -0.493 e. The number of aromatic nitrogens is 2. The Bertz CT molecular complexity index is 788. The molecule has 0 spiro atoms. The number of nitrogens with one attached hydrogen (secondary N) is 2. The summed E-state index contributed by atoms with van der Waals surface area (Å²) in [6, 6.07) is 5.83. The minimum absolute atomic E-state index is 0.0494. The van der Waals surface area contributed by atoms with Crippen molar-refractivity contribution in [3.63, 3.8) is 0 Å². The zero-order valence-electron chi connectivity index (χ0n) is 16.2. The first kappa shape index (κ1) is 19.1. The van der Waals surface area contributed by atoms with Gasteiger partial charge in [-0.05, 0) is 49.8 Å². The highest BCUT2D eigenvalue weighted by Gasteiger charge is 2.24. The molecule has 1 aliphatic rings. The number of methoxy groups -OCH3 is 2. The van der Waals surface area contributed by atoms with Crippen molar-refractivity contribution in [1.82, 2.24) is 20.4 Å². The van der Waals surface area contributed by atoms with Gasteiger partial charge >= 0.3 is 6.03 Å². The summed E-state index contributed by atoms with van der Waals surface area (Å²) in [4.78, 5) is 12.2. The fourth-order valence-corrected chi connectivity index (χ4v) is 3.60. The van der Waals surface area contributed by atoms with Gasteiger partial charge in [-0.3, -0.25) is 4.68 Å². The van der Waals surface area contributed by atoms with Gasteiger partial charge < -0.3 is 20.1 Å². The molecule has 1 aromatic carbocycles. The van der Waals surface area contributed by atoms with E-state index in [4.69, 9.17) is 9.47 Å². The van der Waals surface area contributed by atoms with Gasteiger partial charge in [-0.25, -0.2) is 4.79 Å². The Morgan fingerprint density at radius 2 is 2.11 bits per heavy atom. The van der Waals surface area contributed by atoms with Gasteiger partial charge in [0.15, 0.2) is 11.5 Å². The maximum atomic E-state index is 12.2. The quantitative estimate of drug-likeness (QED) is 0.733. The zero-order chi connectivity index (χ0) is 19.2. The summed E-state index contributed by atoms with van der Waals surface area (Å²) in [7, 11) is 5.21. The largest absolute Gasteiger partial charge is 0.493 e. The first-order chi connectivity index (χ1) is 13.1. The lowest BCUT2D eigenvalue weighted by atomic mass is 9.93. The topological polar surface area (TPSA) is 77.4 Å². The Morgan fingerprint density at radius 3 is 2.89 bits per heavy atom. The van der Waals surface area contributed by atoms with E-state index in [-0.39, 0.29) is 12.1 Å². The molecule has 2 aromatic rings. The van der Waals surface area contributed by atoms with E-state index >= 15 is 0 Å². The number of carbonyl (C=O) groups is 1. The molecule has 0 bridgehead atoms. The predicted molar refractivity (Wildman–Crippen MR) is 103 cm³/mol. The van der Waals surface area contributed by atoms with Crippen molar-refractivity contribution in [3.8, 4) is 11.5 Å². The standard InChI is InChI=1S/C20H28N4O3/c1-24-17-8-4-7-16(15(17)13-22-24)23-20(25)21-11-5-6-14-9-10-18(26-2)19(12-14)27-3/h9-10,12-13,16H,4-8,11H2,1-3H3,(H2,21,23,25). The van der Waals surface area contributed by atoms with Gasteiger partial charge in [-0.15, -0.1) is 0 Å². The Hall–Kier alpha value is -2.70. The van der Waals surface area contributed by atoms with Crippen LogP contribution in [0.3, 0.4) is 0 Å². The lowest BCUT2D eigenvalue weighted by Crippen LogP contribution is -2.39. The lowest BCUT2D eigenvalue weighted by molar-refractivity contribution is 0.235. The third-order valence-electron chi connectivity index (χ3n) is 5.06. The molecule has 2 amide bonds. The van der Waals surface area contributed by atoms with Crippen molar-refractivity contribution in [2.24, 2.45) is 7.05 Å². The molecular weight excluding hydrogens is 344 g/mol. The highest BCUT2D eigenvalue weighted by atomic mass is 16.5. The molecule has 1 aromatic heterocycles. The lowest BCUT2D eigenvalue weighted by Gasteiger charge is -2.24. The van der Waals surface area contributed by atoms with Gasteiger partial charge in [-0.1, -0.05) is 6.07 Å². The van der Waals surface area contributed by atoms with Crippen LogP contribution in [0.2, 0.25) is 0 Å². The van der Waals surface area contributed by atoms with E-state index in [0.29, 0.717) is 6.54 Å². The van der Waals surface area contributed by atoms with Crippen LogP contribution in [0, 0.1) is 0 Å². The molecule has 0 radical (unpaired) electrons. The minimum atomic E-state index is -0.121. The third-order valence-corrected chi connectivity index (χ3v) is 5.06. The molecule has 1 atom stereocenters. The van der Waals surface area contributed by atoms with Crippen LogP contribution in [0.4, 0.5) is 4.79 Å². The molecule has 7 nitrogen and oxygen atoms in total. The average Bonchev–Trinajstić information content (AvgIpc) is 3.07. The molecule has 146 valence electrons. The zero-order valence-corrected chi connectivity index (χ0v) is 16.2. The number of ether oxygens (including phenoxy) is 2. The number of fused-ring (bicyclic) bond motifs is 1. The van der Waals surface area contributed by atoms with Crippen LogP contribution in [-0.2, 0) is 19.9 Å². The van der Waals surface area contributed by atoms with Crippen molar-refractivity contribution in [1.29, 1.82) is 0 Å². The molecule has 1 aliphatic carbocycles. The van der Waals surface area contributed by atoms with E-state index in [0.717, 1.165) is 54.7 Å². The van der Waals surface area contributed by atoms with Crippen LogP contribution < -0.4 is 20.1 Å². The van der Waals surface area contributed by atoms with E-state index in [9.17, 15) is 4.79 Å². The Kier molecular flexibility index (Phi) is 6.21. The number of carbonyl (C=O) groups excluding carboxylic acids is 1. The maximum Gasteiger partial charge on any atom is 0.315 e. The third kappa shape index (κ3) is 4.53. The number of urea groups is 1. The fraction of sp³-hybridized carbons (Fsp3) is 0.500. The second-order valence-electron chi connectivity index (χ2n) is 6.81. The van der Waals surface area contributed by atoms with Crippen LogP contribution in [0.15, 0.2) is 24.4 Å². The molecule has 1 heterocycles. The van der Waals surface area contributed by atoms with E-state index in [1.165, 1.54) is 5.69 Å². The molecule has 1 unspecified atom stereocenters. The van der Waals surface area contributed by atoms with Crippen LogP contribution in [0.5, 0.6) is 11.5 Å². The summed E-state index contributed by atoms with van der Waals surface area (Å²) in [5.41, 5.74) is 3.52. The van der Waals surface area contributed by atoms with Crippen LogP contribution in [0.1, 0.15) is 42.1 Å². The monoisotopic (exact) mass is 372 g/mol. The van der Waals surface area contributed by atoms with Crippen molar-refractivity contribution in [3.05, 3.63) is 41.2 Å². The summed E-state index contributed by atoms with van der Waals surface area (Å²) in [5.74, 6) is 1.45. The normalized spacial score (nSPS) is 15.7. The SMILES string of the molecule is COc1ccc(CCCNC(=O)NC2CCCc3c2cnn3C)cc1OC. The van der Waals surface area contributed by atoms with Gasteiger partial charge in [0.1, 0.15) is 0 Å². The molecule has 2 N–H and O–H groups in total. The van der Waals surface area contributed by atoms with Crippen LogP contribution in [-0.4, -0.2) is 36.6 Å². The number of hydrogen-bond acceptors (Lipinski definition) is 4. The van der Waals surface area contributed by atoms with Crippen molar-refractivity contribution >= 4 is 6.03 Å². The first-order valence-corrected chi connectivity index (χ1v) is 9.38. The van der Waals surface area contributed by atoms with Gasteiger partial charge in [-0.2, -0.15) is 5.10 Å². The molecule has 0 saturated carbocycles. The van der Waals surface area contributed by atoms with E-state index < -0.39 is 0 Å². The summed E-state index contributed by atoms with van der Waals surface area (Å²) in [6.07, 6.45) is 6.63. The second kappa shape index (κ2) is 8.79. The molecule has 3 rings (SSSR count). The first-order valence-electron chi connectivity index (χ1n) is 9.38. The molecule has 0 saturated heterocycles. The van der Waals surface area contributed by atoms with E-state index in [1.54, 1.807) is 14.2 Å². The van der Waals surface area contributed by atoms with Crippen molar-refractivity contribution < 1.29 is 14.3 Å². The number of benzene rings is 1. The van der Waals surface area contributed by atoms with E-state index in [1.807, 2.05) is 36.1 Å². The number of nitrogens with zero attached hydrogens (tertiary/aromatic N) is 2. The van der Waals surface area contributed by atoms with Crippen LogP contribution in [0.25, 0.3) is 0 Å². The highest BCUT2D eigenvalue weighted by molar-refractivity contribution is 5.74. The number of amides is 2. The number of rotatable bonds is 7. The molecular formula is C20H28N4O3. The smallest absolute Gasteiger partial charge is 0.315 e. The summed E-state index contributed by atoms with van der Waals surface area (Å²) >= 11 is 0. The average molecular weight is 372 g/mol. The molecule has 0 fully saturated rings. The Morgan fingerprint density at radius 1 is 1.30 bits per heavy atom.